The first kappa shape index (κ1) is 19.0. The van der Waals surface area contributed by atoms with Crippen molar-refractivity contribution in [2.24, 2.45) is 0 Å². The first-order valence-electron chi connectivity index (χ1n) is 8.02. The zero-order chi connectivity index (χ0) is 17.5. The molecular weight excluding hydrogens is 292 g/mol. The highest BCUT2D eigenvalue weighted by atomic mass is 16.5. The van der Waals surface area contributed by atoms with Crippen LogP contribution in [-0.2, 0) is 9.59 Å². The fourth-order valence-electron chi connectivity index (χ4n) is 2.07. The van der Waals surface area contributed by atoms with Gasteiger partial charge in [-0.3, -0.25) is 9.59 Å². The van der Waals surface area contributed by atoms with Crippen LogP contribution in [-0.4, -0.2) is 30.5 Å². The summed E-state index contributed by atoms with van der Waals surface area (Å²) in [5.41, 5.74) is 0.779. The number of carbonyl (C=O) groups excluding carboxylic acids is 2. The number of hydrogen-bond donors (Lipinski definition) is 2. The number of amides is 2. The van der Waals surface area contributed by atoms with E-state index in [2.05, 4.69) is 24.5 Å². The molecule has 5 nitrogen and oxygen atoms in total. The quantitative estimate of drug-likeness (QED) is 0.811. The Morgan fingerprint density at radius 3 is 2.43 bits per heavy atom. The molecule has 2 amide bonds. The topological polar surface area (TPSA) is 67.4 Å². The van der Waals surface area contributed by atoms with Gasteiger partial charge in [0.05, 0.1) is 6.54 Å². The molecule has 1 aromatic carbocycles. The molecule has 0 aliphatic rings. The summed E-state index contributed by atoms with van der Waals surface area (Å²) in [6.45, 7) is 9.76. The number of para-hydroxylation sites is 1. The summed E-state index contributed by atoms with van der Waals surface area (Å²) in [7, 11) is 0. The third kappa shape index (κ3) is 7.17. The third-order valence-electron chi connectivity index (χ3n) is 3.38. The lowest BCUT2D eigenvalue weighted by molar-refractivity contribution is -0.127. The van der Waals surface area contributed by atoms with Crippen LogP contribution < -0.4 is 15.4 Å². The molecular formula is C18H28N2O3. The predicted molar refractivity (Wildman–Crippen MR) is 91.5 cm³/mol. The zero-order valence-electron chi connectivity index (χ0n) is 14.7. The number of benzene rings is 1. The average molecular weight is 320 g/mol. The Labute approximate surface area is 138 Å². The van der Waals surface area contributed by atoms with Crippen LogP contribution >= 0.6 is 0 Å². The Morgan fingerprint density at radius 1 is 1.17 bits per heavy atom. The summed E-state index contributed by atoms with van der Waals surface area (Å²) < 4.78 is 5.61. The molecule has 23 heavy (non-hydrogen) atoms. The van der Waals surface area contributed by atoms with Crippen molar-refractivity contribution in [1.29, 1.82) is 0 Å². The molecule has 0 saturated heterocycles. The summed E-state index contributed by atoms with van der Waals surface area (Å²) in [5.74, 6) is 0.557. The Hall–Kier alpha value is -2.04. The van der Waals surface area contributed by atoms with E-state index in [1.165, 1.54) is 0 Å². The maximum Gasteiger partial charge on any atom is 0.258 e. The van der Waals surface area contributed by atoms with Crippen LogP contribution in [0.3, 0.4) is 0 Å². The normalized spacial score (nSPS) is 12.4. The Balaban J connectivity index is 2.47. The van der Waals surface area contributed by atoms with Gasteiger partial charge < -0.3 is 15.4 Å². The van der Waals surface area contributed by atoms with E-state index < -0.39 is 0 Å². The minimum atomic E-state index is -0.312. The van der Waals surface area contributed by atoms with Gasteiger partial charge in [0.25, 0.3) is 5.91 Å². The van der Waals surface area contributed by atoms with Crippen LogP contribution in [0.4, 0.5) is 0 Å². The van der Waals surface area contributed by atoms with Gasteiger partial charge in [0, 0.05) is 5.54 Å². The SMILES string of the molecule is CCC(C)c1ccccc1OCC(=O)NCC(=O)NC(C)(C)C. The average Bonchev–Trinajstić information content (AvgIpc) is 2.48. The number of rotatable bonds is 7. The van der Waals surface area contributed by atoms with Crippen molar-refractivity contribution in [2.75, 3.05) is 13.2 Å². The second-order valence-electron chi connectivity index (χ2n) is 6.71. The summed E-state index contributed by atoms with van der Waals surface area (Å²) in [6, 6.07) is 7.72. The van der Waals surface area contributed by atoms with Gasteiger partial charge >= 0.3 is 0 Å². The molecule has 128 valence electrons. The van der Waals surface area contributed by atoms with E-state index in [1.807, 2.05) is 45.0 Å². The molecule has 5 heteroatoms. The number of carbonyl (C=O) groups is 2. The first-order valence-corrected chi connectivity index (χ1v) is 8.02. The predicted octanol–water partition coefficient (Wildman–Crippen LogP) is 2.61. The maximum absolute atomic E-state index is 11.8. The van der Waals surface area contributed by atoms with Gasteiger partial charge in [-0.05, 0) is 44.7 Å². The Bertz CT molecular complexity index is 535. The summed E-state index contributed by atoms with van der Waals surface area (Å²) >= 11 is 0. The fourth-order valence-corrected chi connectivity index (χ4v) is 2.07. The van der Waals surface area contributed by atoms with Crippen LogP contribution in [0, 0.1) is 0 Å². The monoisotopic (exact) mass is 320 g/mol. The lowest BCUT2D eigenvalue weighted by Gasteiger charge is -2.20. The molecule has 0 aliphatic heterocycles. The molecule has 1 unspecified atom stereocenters. The number of ether oxygens (including phenoxy) is 1. The van der Waals surface area contributed by atoms with Crippen LogP contribution in [0.5, 0.6) is 5.75 Å². The van der Waals surface area contributed by atoms with Crippen molar-refractivity contribution in [3.63, 3.8) is 0 Å². The van der Waals surface area contributed by atoms with Gasteiger partial charge in [-0.25, -0.2) is 0 Å². The van der Waals surface area contributed by atoms with E-state index in [4.69, 9.17) is 4.74 Å². The van der Waals surface area contributed by atoms with Gasteiger partial charge in [0.2, 0.25) is 5.91 Å². The molecule has 1 aromatic rings. The molecule has 0 aromatic heterocycles. The van der Waals surface area contributed by atoms with Crippen molar-refractivity contribution in [3.05, 3.63) is 29.8 Å². The van der Waals surface area contributed by atoms with E-state index >= 15 is 0 Å². The molecule has 0 fully saturated rings. The van der Waals surface area contributed by atoms with E-state index in [0.29, 0.717) is 5.92 Å². The maximum atomic E-state index is 11.8. The fraction of sp³-hybridized carbons (Fsp3) is 0.556. The van der Waals surface area contributed by atoms with Crippen molar-refractivity contribution in [1.82, 2.24) is 10.6 Å². The molecule has 1 atom stereocenters. The molecule has 0 bridgehead atoms. The van der Waals surface area contributed by atoms with Crippen LogP contribution in [0.25, 0.3) is 0 Å². The van der Waals surface area contributed by atoms with Crippen LogP contribution in [0.15, 0.2) is 24.3 Å². The summed E-state index contributed by atoms with van der Waals surface area (Å²) in [4.78, 5) is 23.5. The van der Waals surface area contributed by atoms with Gasteiger partial charge in [0.15, 0.2) is 6.61 Å². The number of nitrogens with one attached hydrogen (secondary N) is 2. The molecule has 0 radical (unpaired) electrons. The summed E-state index contributed by atoms with van der Waals surface area (Å²) in [5, 5.41) is 5.35. The second kappa shape index (κ2) is 8.56. The van der Waals surface area contributed by atoms with Crippen molar-refractivity contribution >= 4 is 11.8 Å². The highest BCUT2D eigenvalue weighted by molar-refractivity contribution is 5.85. The standard InChI is InChI=1S/C18H28N2O3/c1-6-13(2)14-9-7-8-10-15(14)23-12-17(22)19-11-16(21)20-18(3,4)5/h7-10,13H,6,11-12H2,1-5H3,(H,19,22)(H,20,21). The number of hydrogen-bond acceptors (Lipinski definition) is 3. The largest absolute Gasteiger partial charge is 0.483 e. The third-order valence-corrected chi connectivity index (χ3v) is 3.38. The molecule has 1 rings (SSSR count). The van der Waals surface area contributed by atoms with Crippen LogP contribution in [0.1, 0.15) is 52.5 Å². The second-order valence-corrected chi connectivity index (χ2v) is 6.71. The minimum Gasteiger partial charge on any atom is -0.483 e. The first-order chi connectivity index (χ1) is 10.7. The highest BCUT2D eigenvalue weighted by Gasteiger charge is 2.15. The van der Waals surface area contributed by atoms with E-state index in [0.717, 1.165) is 17.7 Å². The van der Waals surface area contributed by atoms with Gasteiger partial charge in [-0.2, -0.15) is 0 Å². The molecule has 0 saturated carbocycles. The van der Waals surface area contributed by atoms with E-state index in [-0.39, 0.29) is 30.5 Å². The van der Waals surface area contributed by atoms with Gasteiger partial charge in [0.1, 0.15) is 5.75 Å². The smallest absolute Gasteiger partial charge is 0.258 e. The van der Waals surface area contributed by atoms with Crippen molar-refractivity contribution in [3.8, 4) is 5.75 Å². The van der Waals surface area contributed by atoms with Crippen molar-refractivity contribution in [2.45, 2.75) is 52.5 Å². The van der Waals surface area contributed by atoms with E-state index in [9.17, 15) is 9.59 Å². The lowest BCUT2D eigenvalue weighted by atomic mass is 9.98. The Morgan fingerprint density at radius 2 is 1.83 bits per heavy atom. The highest BCUT2D eigenvalue weighted by Crippen LogP contribution is 2.28. The zero-order valence-corrected chi connectivity index (χ0v) is 14.7. The minimum absolute atomic E-state index is 0.0491. The van der Waals surface area contributed by atoms with Crippen molar-refractivity contribution < 1.29 is 14.3 Å². The van der Waals surface area contributed by atoms with E-state index in [1.54, 1.807) is 0 Å². The van der Waals surface area contributed by atoms with Crippen LogP contribution in [0.2, 0.25) is 0 Å². The molecule has 0 heterocycles. The van der Waals surface area contributed by atoms with Gasteiger partial charge in [-0.1, -0.05) is 32.0 Å². The Kier molecular flexibility index (Phi) is 7.07. The molecule has 0 aliphatic carbocycles. The molecule has 0 spiro atoms. The molecule has 2 N–H and O–H groups in total. The lowest BCUT2D eigenvalue weighted by Crippen LogP contribution is -2.46. The summed E-state index contributed by atoms with van der Waals surface area (Å²) in [6.07, 6.45) is 1.000. The van der Waals surface area contributed by atoms with Gasteiger partial charge in [-0.15, -0.1) is 0 Å².